The zero-order chi connectivity index (χ0) is 23.0. The maximum absolute atomic E-state index is 13.8. The van der Waals surface area contributed by atoms with Crippen molar-refractivity contribution in [3.8, 4) is 5.75 Å². The molecular weight excluding hydrogens is 468 g/mol. The van der Waals surface area contributed by atoms with Crippen LogP contribution in [0.5, 0.6) is 5.75 Å². The maximum Gasteiger partial charge on any atom is 0.410 e. The Bertz CT molecular complexity index is 1130. The Morgan fingerprint density at radius 3 is 2.41 bits per heavy atom. The van der Waals surface area contributed by atoms with Gasteiger partial charge in [-0.05, 0) is 35.9 Å². The normalized spacial score (nSPS) is 17.9. The molecule has 0 saturated heterocycles. The Morgan fingerprint density at radius 2 is 1.81 bits per heavy atom. The van der Waals surface area contributed by atoms with Crippen molar-refractivity contribution in [3.05, 3.63) is 69.8 Å². The summed E-state index contributed by atoms with van der Waals surface area (Å²) in [4.78, 5) is 12.6. The fraction of sp³-hybridized carbons (Fsp3) is 0.238. The summed E-state index contributed by atoms with van der Waals surface area (Å²) in [6.07, 6.45) is -4.84. The highest BCUT2D eigenvalue weighted by Crippen LogP contribution is 2.43. The number of nitrogens with zero attached hydrogens (tertiary/aromatic N) is 2. The number of amides is 1. The largest absolute Gasteiger partial charge is 0.497 e. The van der Waals surface area contributed by atoms with Gasteiger partial charge in [-0.3, -0.25) is 4.79 Å². The minimum Gasteiger partial charge on any atom is -0.497 e. The van der Waals surface area contributed by atoms with Crippen molar-refractivity contribution >= 4 is 40.6 Å². The predicted molar refractivity (Wildman–Crippen MR) is 116 cm³/mol. The number of anilines is 2. The third kappa shape index (κ3) is 4.63. The molecule has 3 aromatic rings. The number of fused-ring (bicyclic) bond motifs is 1. The van der Waals surface area contributed by atoms with Crippen LogP contribution in [0.1, 0.15) is 34.6 Å². The molecule has 1 aliphatic heterocycles. The van der Waals surface area contributed by atoms with Crippen molar-refractivity contribution in [1.82, 2.24) is 9.78 Å². The molecule has 0 saturated carbocycles. The Hall–Kier alpha value is -2.91. The van der Waals surface area contributed by atoms with E-state index in [1.807, 2.05) is 0 Å². The molecule has 0 bridgehead atoms. The number of hydrogen-bond donors (Lipinski definition) is 2. The highest BCUT2D eigenvalue weighted by atomic mass is 35.5. The van der Waals surface area contributed by atoms with E-state index in [1.165, 1.54) is 31.4 Å². The molecule has 0 unspecified atom stereocenters. The number of carbonyl (C=O) groups excluding carboxylic acids is 1. The Labute approximate surface area is 191 Å². The van der Waals surface area contributed by atoms with Crippen molar-refractivity contribution in [1.29, 1.82) is 0 Å². The number of methoxy groups -OCH3 is 1. The lowest BCUT2D eigenvalue weighted by Crippen LogP contribution is -2.35. The predicted octanol–water partition coefficient (Wildman–Crippen LogP) is 6.11. The zero-order valence-corrected chi connectivity index (χ0v) is 18.1. The molecule has 1 amide bonds. The second-order valence-electron chi connectivity index (χ2n) is 7.23. The second kappa shape index (κ2) is 8.55. The molecule has 0 spiro atoms. The van der Waals surface area contributed by atoms with Gasteiger partial charge in [0.1, 0.15) is 11.6 Å². The molecule has 32 heavy (non-hydrogen) atoms. The molecule has 2 atom stereocenters. The van der Waals surface area contributed by atoms with Gasteiger partial charge in [0.05, 0.1) is 13.2 Å². The van der Waals surface area contributed by atoms with E-state index in [1.54, 1.807) is 24.3 Å². The highest BCUT2D eigenvalue weighted by molar-refractivity contribution is 6.35. The molecule has 0 aliphatic carbocycles. The molecule has 1 aromatic heterocycles. The Balaban J connectivity index is 1.63. The van der Waals surface area contributed by atoms with Crippen molar-refractivity contribution in [2.45, 2.75) is 24.7 Å². The number of carbonyl (C=O) groups is 1. The van der Waals surface area contributed by atoms with Crippen molar-refractivity contribution in [2.24, 2.45) is 0 Å². The van der Waals surface area contributed by atoms with Crippen LogP contribution < -0.4 is 15.4 Å². The summed E-state index contributed by atoms with van der Waals surface area (Å²) in [5, 5.41) is 10.1. The molecule has 168 valence electrons. The van der Waals surface area contributed by atoms with Crippen LogP contribution in [0.25, 0.3) is 0 Å². The first kappa shape index (κ1) is 22.3. The van der Waals surface area contributed by atoms with E-state index in [-0.39, 0.29) is 17.9 Å². The first-order valence-electron chi connectivity index (χ1n) is 9.48. The highest BCUT2D eigenvalue weighted by Gasteiger charge is 2.46. The monoisotopic (exact) mass is 484 g/mol. The number of benzene rings is 2. The van der Waals surface area contributed by atoms with E-state index in [4.69, 9.17) is 27.9 Å². The van der Waals surface area contributed by atoms with Gasteiger partial charge in [-0.15, -0.1) is 0 Å². The lowest BCUT2D eigenvalue weighted by atomic mass is 9.97. The summed E-state index contributed by atoms with van der Waals surface area (Å²) >= 11 is 11.9. The Kier molecular flexibility index (Phi) is 5.96. The molecule has 0 radical (unpaired) electrons. The molecule has 11 heteroatoms. The molecule has 4 rings (SSSR count). The first-order valence-corrected chi connectivity index (χ1v) is 10.2. The van der Waals surface area contributed by atoms with E-state index >= 15 is 0 Å². The van der Waals surface area contributed by atoms with Crippen LogP contribution in [0.4, 0.5) is 24.7 Å². The van der Waals surface area contributed by atoms with E-state index in [0.29, 0.717) is 27.0 Å². The molecule has 1 aliphatic rings. The average Bonchev–Trinajstić information content (AvgIpc) is 3.16. The van der Waals surface area contributed by atoms with Crippen LogP contribution in [0, 0.1) is 0 Å². The number of hydrogen-bond acceptors (Lipinski definition) is 4. The number of rotatable bonds is 4. The fourth-order valence-corrected chi connectivity index (χ4v) is 4.09. The third-order valence-corrected chi connectivity index (χ3v) is 5.50. The van der Waals surface area contributed by atoms with E-state index < -0.39 is 24.2 Å². The van der Waals surface area contributed by atoms with Crippen molar-refractivity contribution in [3.63, 3.8) is 0 Å². The van der Waals surface area contributed by atoms with Gasteiger partial charge in [-0.25, -0.2) is 4.68 Å². The van der Waals surface area contributed by atoms with E-state index in [0.717, 1.165) is 4.68 Å². The molecule has 6 nitrogen and oxygen atoms in total. The lowest BCUT2D eigenvalue weighted by molar-refractivity contribution is -0.173. The number of nitrogens with one attached hydrogen (secondary N) is 2. The topological polar surface area (TPSA) is 68.2 Å². The third-order valence-electron chi connectivity index (χ3n) is 5.06. The SMILES string of the molecule is COc1ccc([C@H]2C[C@@H](C(F)(F)F)n3nc(C(=O)Nc4cc(Cl)cc(Cl)c4)cc3N2)cc1. The van der Waals surface area contributed by atoms with Crippen LogP contribution >= 0.6 is 23.2 Å². The van der Waals surface area contributed by atoms with Crippen LogP contribution in [0.3, 0.4) is 0 Å². The van der Waals surface area contributed by atoms with Crippen molar-refractivity contribution < 1.29 is 22.7 Å². The minimum absolute atomic E-state index is 0.0914. The molecule has 2 aromatic carbocycles. The minimum atomic E-state index is -4.55. The van der Waals surface area contributed by atoms with Gasteiger partial charge in [0.15, 0.2) is 11.7 Å². The quantitative estimate of drug-likeness (QED) is 0.468. The van der Waals surface area contributed by atoms with Gasteiger partial charge >= 0.3 is 6.18 Å². The van der Waals surface area contributed by atoms with E-state index in [2.05, 4.69) is 15.7 Å². The van der Waals surface area contributed by atoms with Crippen LogP contribution in [-0.4, -0.2) is 29.0 Å². The summed E-state index contributed by atoms with van der Waals surface area (Å²) in [6, 6.07) is 9.96. The molecule has 2 N–H and O–H groups in total. The number of alkyl halides is 3. The smallest absolute Gasteiger partial charge is 0.410 e. The van der Waals surface area contributed by atoms with Gasteiger partial charge < -0.3 is 15.4 Å². The second-order valence-corrected chi connectivity index (χ2v) is 8.11. The van der Waals surface area contributed by atoms with Gasteiger partial charge in [0.2, 0.25) is 0 Å². The van der Waals surface area contributed by atoms with Gasteiger partial charge in [0.25, 0.3) is 5.91 Å². The average molecular weight is 485 g/mol. The van der Waals surface area contributed by atoms with Crippen LogP contribution in [-0.2, 0) is 0 Å². The van der Waals surface area contributed by atoms with Gasteiger partial charge in [0, 0.05) is 28.2 Å². The lowest BCUT2D eigenvalue weighted by Gasteiger charge is -2.33. The summed E-state index contributed by atoms with van der Waals surface area (Å²) < 4.78 is 47.4. The Morgan fingerprint density at radius 1 is 1.16 bits per heavy atom. The fourth-order valence-electron chi connectivity index (χ4n) is 3.56. The number of halogens is 5. The van der Waals surface area contributed by atoms with Gasteiger partial charge in [-0.2, -0.15) is 18.3 Å². The van der Waals surface area contributed by atoms with Crippen molar-refractivity contribution in [2.75, 3.05) is 17.7 Å². The first-order chi connectivity index (χ1) is 15.1. The summed E-state index contributed by atoms with van der Waals surface area (Å²) in [5.74, 6) is 0.00433. The molecule has 2 heterocycles. The van der Waals surface area contributed by atoms with Gasteiger partial charge in [-0.1, -0.05) is 35.3 Å². The van der Waals surface area contributed by atoms with Crippen LogP contribution in [0.2, 0.25) is 10.0 Å². The zero-order valence-electron chi connectivity index (χ0n) is 16.6. The van der Waals surface area contributed by atoms with E-state index in [9.17, 15) is 18.0 Å². The van der Waals surface area contributed by atoms with Crippen LogP contribution in [0.15, 0.2) is 48.5 Å². The number of aromatic nitrogens is 2. The summed E-state index contributed by atoms with van der Waals surface area (Å²) in [7, 11) is 1.51. The molecular formula is C21H17Cl2F3N4O2. The maximum atomic E-state index is 13.8. The summed E-state index contributed by atoms with van der Waals surface area (Å²) in [6.45, 7) is 0. The summed E-state index contributed by atoms with van der Waals surface area (Å²) in [5.41, 5.74) is 0.787. The molecule has 0 fully saturated rings. The standard InChI is InChI=1S/C21H17Cl2F3N4O2/c1-32-15-4-2-11(3-5-15)16-9-18(21(24,25)26)30-19(28-16)10-17(29-30)20(31)27-14-7-12(22)6-13(23)8-14/h2-8,10,16,18,28H,9H2,1H3,(H,27,31)/t16-,18+/m1/s1. The number of ether oxygens (including phenoxy) is 1.